The van der Waals surface area contributed by atoms with Crippen molar-refractivity contribution >= 4 is 0 Å². The van der Waals surface area contributed by atoms with E-state index in [0.717, 1.165) is 38.0 Å². The number of halogens is 1. The Morgan fingerprint density at radius 2 is 2.17 bits per heavy atom. The van der Waals surface area contributed by atoms with E-state index in [1.807, 2.05) is 12.1 Å². The Kier molecular flexibility index (Phi) is 4.72. The van der Waals surface area contributed by atoms with Gasteiger partial charge < -0.3 is 5.32 Å². The Morgan fingerprint density at radius 3 is 2.89 bits per heavy atom. The summed E-state index contributed by atoms with van der Waals surface area (Å²) in [7, 11) is 0. The summed E-state index contributed by atoms with van der Waals surface area (Å²) in [6.45, 7) is 7.51. The van der Waals surface area contributed by atoms with Gasteiger partial charge in [0.05, 0.1) is 0 Å². The smallest absolute Gasteiger partial charge is 0.126 e. The third-order valence-electron chi connectivity index (χ3n) is 3.90. The van der Waals surface area contributed by atoms with Crippen molar-refractivity contribution in [3.63, 3.8) is 0 Å². The van der Waals surface area contributed by atoms with Crippen LogP contribution in [0.1, 0.15) is 25.8 Å². The highest BCUT2D eigenvalue weighted by molar-refractivity contribution is 5.17. The summed E-state index contributed by atoms with van der Waals surface area (Å²) >= 11 is 0. The first-order chi connectivity index (χ1) is 8.70. The van der Waals surface area contributed by atoms with Crippen LogP contribution >= 0.6 is 0 Å². The zero-order valence-electron chi connectivity index (χ0n) is 11.3. The van der Waals surface area contributed by atoms with Crippen LogP contribution in [0, 0.1) is 5.82 Å². The monoisotopic (exact) mass is 250 g/mol. The first-order valence-corrected chi connectivity index (χ1v) is 6.91. The van der Waals surface area contributed by atoms with Crippen molar-refractivity contribution in [2.45, 2.75) is 38.8 Å². The van der Waals surface area contributed by atoms with Gasteiger partial charge in [0.1, 0.15) is 5.82 Å². The van der Waals surface area contributed by atoms with E-state index >= 15 is 0 Å². The van der Waals surface area contributed by atoms with Crippen molar-refractivity contribution in [2.24, 2.45) is 0 Å². The van der Waals surface area contributed by atoms with Crippen molar-refractivity contribution in [3.05, 3.63) is 35.6 Å². The minimum absolute atomic E-state index is 0.0765. The normalized spacial score (nSPS) is 25.3. The second kappa shape index (κ2) is 6.30. The zero-order chi connectivity index (χ0) is 13.0. The van der Waals surface area contributed by atoms with Crippen LogP contribution in [0.4, 0.5) is 4.39 Å². The van der Waals surface area contributed by atoms with E-state index in [-0.39, 0.29) is 5.82 Å². The lowest BCUT2D eigenvalue weighted by atomic mass is 10.1. The van der Waals surface area contributed by atoms with Crippen LogP contribution in [-0.4, -0.2) is 36.6 Å². The van der Waals surface area contributed by atoms with E-state index in [1.54, 1.807) is 12.1 Å². The number of hydrogen-bond acceptors (Lipinski definition) is 2. The Labute approximate surface area is 109 Å². The predicted octanol–water partition coefficient (Wildman–Crippen LogP) is 2.44. The highest BCUT2D eigenvalue weighted by Gasteiger charge is 2.23. The molecule has 0 spiro atoms. The molecule has 0 aromatic heterocycles. The van der Waals surface area contributed by atoms with Gasteiger partial charge in [0.25, 0.3) is 0 Å². The molecule has 100 valence electrons. The van der Waals surface area contributed by atoms with Crippen LogP contribution in [-0.2, 0) is 6.42 Å². The molecule has 18 heavy (non-hydrogen) atoms. The molecule has 3 heteroatoms. The van der Waals surface area contributed by atoms with E-state index in [0.29, 0.717) is 12.1 Å². The molecule has 2 rings (SSSR count). The number of hydrogen-bond donors (Lipinski definition) is 1. The molecule has 0 amide bonds. The maximum absolute atomic E-state index is 13.6. The molecule has 2 atom stereocenters. The van der Waals surface area contributed by atoms with Gasteiger partial charge in [-0.05, 0) is 31.4 Å². The highest BCUT2D eigenvalue weighted by Crippen LogP contribution is 2.12. The summed E-state index contributed by atoms with van der Waals surface area (Å²) in [5.41, 5.74) is 0.830. The average Bonchev–Trinajstić information content (AvgIpc) is 2.39. The summed E-state index contributed by atoms with van der Waals surface area (Å²) in [6, 6.07) is 8.22. The van der Waals surface area contributed by atoms with Gasteiger partial charge in [-0.15, -0.1) is 0 Å². The van der Waals surface area contributed by atoms with Crippen LogP contribution in [0.2, 0.25) is 0 Å². The van der Waals surface area contributed by atoms with Gasteiger partial charge in [-0.25, -0.2) is 4.39 Å². The number of rotatable bonds is 4. The lowest BCUT2D eigenvalue weighted by Crippen LogP contribution is -2.55. The van der Waals surface area contributed by atoms with Crippen molar-refractivity contribution in [1.29, 1.82) is 0 Å². The first kappa shape index (κ1) is 13.5. The van der Waals surface area contributed by atoms with Gasteiger partial charge >= 0.3 is 0 Å². The maximum atomic E-state index is 13.6. The second-order valence-corrected chi connectivity index (χ2v) is 5.20. The molecule has 1 saturated heterocycles. The summed E-state index contributed by atoms with van der Waals surface area (Å²) in [5.74, 6) is -0.0765. The van der Waals surface area contributed by atoms with Crippen molar-refractivity contribution in [2.75, 3.05) is 19.6 Å². The van der Waals surface area contributed by atoms with Crippen molar-refractivity contribution in [1.82, 2.24) is 10.2 Å². The fraction of sp³-hybridized carbons (Fsp3) is 0.600. The molecule has 1 heterocycles. The molecule has 1 aromatic rings. The van der Waals surface area contributed by atoms with E-state index in [2.05, 4.69) is 24.1 Å². The van der Waals surface area contributed by atoms with Crippen molar-refractivity contribution < 1.29 is 4.39 Å². The predicted molar refractivity (Wildman–Crippen MR) is 73.2 cm³/mol. The van der Waals surface area contributed by atoms with Gasteiger partial charge in [-0.2, -0.15) is 0 Å². The lowest BCUT2D eigenvalue weighted by Gasteiger charge is -2.38. The minimum atomic E-state index is -0.0765. The molecular formula is C15H23FN2. The largest absolute Gasteiger partial charge is 0.311 e. The Bertz CT molecular complexity index is 381. The van der Waals surface area contributed by atoms with Crippen LogP contribution in [0.15, 0.2) is 24.3 Å². The van der Waals surface area contributed by atoms with E-state index in [9.17, 15) is 4.39 Å². The highest BCUT2D eigenvalue weighted by atomic mass is 19.1. The van der Waals surface area contributed by atoms with Crippen LogP contribution < -0.4 is 5.32 Å². The third-order valence-corrected chi connectivity index (χ3v) is 3.90. The Hall–Kier alpha value is -0.930. The molecule has 1 N–H and O–H groups in total. The number of nitrogens with one attached hydrogen (secondary N) is 1. The summed E-state index contributed by atoms with van der Waals surface area (Å²) in [5, 5.41) is 3.54. The van der Waals surface area contributed by atoms with Crippen molar-refractivity contribution in [3.8, 4) is 0 Å². The fourth-order valence-corrected chi connectivity index (χ4v) is 2.54. The average molecular weight is 250 g/mol. The zero-order valence-corrected chi connectivity index (χ0v) is 11.3. The molecule has 2 unspecified atom stereocenters. The molecular weight excluding hydrogens is 227 g/mol. The number of piperazine rings is 1. The SMILES string of the molecule is CCC1CN(CCc2ccccc2F)C(C)CN1. The molecule has 0 bridgehead atoms. The number of nitrogens with zero attached hydrogens (tertiary/aromatic N) is 1. The molecule has 0 radical (unpaired) electrons. The quantitative estimate of drug-likeness (QED) is 0.883. The summed E-state index contributed by atoms with van der Waals surface area (Å²) in [6.07, 6.45) is 1.95. The molecule has 1 fully saturated rings. The van der Waals surface area contributed by atoms with Crippen LogP contribution in [0.5, 0.6) is 0 Å². The topological polar surface area (TPSA) is 15.3 Å². The molecule has 2 nitrogen and oxygen atoms in total. The molecule has 1 aliphatic rings. The summed E-state index contributed by atoms with van der Waals surface area (Å²) in [4.78, 5) is 2.47. The Balaban J connectivity index is 1.90. The Morgan fingerprint density at radius 1 is 1.39 bits per heavy atom. The molecule has 0 aliphatic carbocycles. The fourth-order valence-electron chi connectivity index (χ4n) is 2.54. The summed E-state index contributed by atoms with van der Waals surface area (Å²) < 4.78 is 13.6. The minimum Gasteiger partial charge on any atom is -0.311 e. The van der Waals surface area contributed by atoms with Gasteiger partial charge in [-0.3, -0.25) is 4.90 Å². The van der Waals surface area contributed by atoms with Gasteiger partial charge in [0, 0.05) is 31.7 Å². The lowest BCUT2D eigenvalue weighted by molar-refractivity contribution is 0.140. The molecule has 1 aliphatic heterocycles. The maximum Gasteiger partial charge on any atom is 0.126 e. The van der Waals surface area contributed by atoms with E-state index in [1.165, 1.54) is 0 Å². The van der Waals surface area contributed by atoms with Gasteiger partial charge in [-0.1, -0.05) is 25.1 Å². The van der Waals surface area contributed by atoms with Gasteiger partial charge in [0.2, 0.25) is 0 Å². The number of benzene rings is 1. The second-order valence-electron chi connectivity index (χ2n) is 5.20. The van der Waals surface area contributed by atoms with E-state index < -0.39 is 0 Å². The molecule has 1 aromatic carbocycles. The van der Waals surface area contributed by atoms with Crippen LogP contribution in [0.3, 0.4) is 0 Å². The molecule has 0 saturated carbocycles. The van der Waals surface area contributed by atoms with Gasteiger partial charge in [0.15, 0.2) is 0 Å². The van der Waals surface area contributed by atoms with E-state index in [4.69, 9.17) is 0 Å². The van der Waals surface area contributed by atoms with Crippen LogP contribution in [0.25, 0.3) is 0 Å². The standard InChI is InChI=1S/C15H23FN2/c1-3-14-11-18(12(2)10-17-14)9-8-13-6-4-5-7-15(13)16/h4-7,12,14,17H,3,8-11H2,1-2H3. The first-order valence-electron chi connectivity index (χ1n) is 6.91. The third kappa shape index (κ3) is 3.30.